The number of imide groups is 1. The quantitative estimate of drug-likeness (QED) is 0.225. The van der Waals surface area contributed by atoms with Crippen molar-refractivity contribution in [2.45, 2.75) is 45.2 Å². The Morgan fingerprint density at radius 3 is 2.48 bits per heavy atom. The van der Waals surface area contributed by atoms with E-state index in [1.54, 1.807) is 0 Å². The first-order valence-electron chi connectivity index (χ1n) is 8.45. The van der Waals surface area contributed by atoms with Crippen molar-refractivity contribution in [1.29, 1.82) is 0 Å². The molecule has 1 rings (SSSR count). The van der Waals surface area contributed by atoms with Gasteiger partial charge in [0.15, 0.2) is 11.7 Å². The van der Waals surface area contributed by atoms with Crippen molar-refractivity contribution in [2.75, 3.05) is 6.54 Å². The molecular weight excluding hydrogens is 374 g/mol. The van der Waals surface area contributed by atoms with Crippen molar-refractivity contribution in [1.82, 2.24) is 4.90 Å². The monoisotopic (exact) mass is 401 g/mol. The fraction of sp³-hybridized carbons (Fsp3) is 0.529. The summed E-state index contributed by atoms with van der Waals surface area (Å²) in [7, 11) is 0. The van der Waals surface area contributed by atoms with Crippen molar-refractivity contribution >= 4 is 36.5 Å². The zero-order valence-corrected chi connectivity index (χ0v) is 16.4. The van der Waals surface area contributed by atoms with E-state index in [1.165, 1.54) is 18.4 Å². The van der Waals surface area contributed by atoms with Crippen LogP contribution in [0, 0.1) is 5.92 Å². The second-order valence-electron chi connectivity index (χ2n) is 6.38. The molecule has 2 atom stereocenters. The first kappa shape index (κ1) is 24.6. The van der Waals surface area contributed by atoms with Crippen molar-refractivity contribution < 1.29 is 18.8 Å². The van der Waals surface area contributed by atoms with Gasteiger partial charge in [0, 0.05) is 6.54 Å². The molecule has 0 saturated heterocycles. The van der Waals surface area contributed by atoms with Crippen LogP contribution in [0.15, 0.2) is 27.8 Å². The number of carbonyl (C=O) groups is 3. The summed E-state index contributed by atoms with van der Waals surface area (Å²) >= 11 is 0. The Balaban J connectivity index is 0.00000676. The Morgan fingerprint density at radius 1 is 1.33 bits per heavy atom. The molecule has 0 aliphatic rings. The van der Waals surface area contributed by atoms with E-state index in [2.05, 4.69) is 4.99 Å². The molecule has 1 aromatic rings. The molecule has 9 nitrogen and oxygen atoms in total. The zero-order chi connectivity index (χ0) is 19.7. The summed E-state index contributed by atoms with van der Waals surface area (Å²) in [6, 6.07) is 1.08. The topological polar surface area (TPSA) is 158 Å². The Bertz CT molecular complexity index is 629. The van der Waals surface area contributed by atoms with Crippen LogP contribution in [0.3, 0.4) is 0 Å². The molecular formula is C17H28ClN5O4. The molecule has 0 radical (unpaired) electrons. The van der Waals surface area contributed by atoms with Gasteiger partial charge in [0.2, 0.25) is 5.91 Å². The predicted molar refractivity (Wildman–Crippen MR) is 104 cm³/mol. The number of aliphatic imine (C=N–C) groups is 1. The van der Waals surface area contributed by atoms with Crippen molar-refractivity contribution in [2.24, 2.45) is 28.1 Å². The van der Waals surface area contributed by atoms with Crippen molar-refractivity contribution in [3.63, 3.8) is 0 Å². The van der Waals surface area contributed by atoms with Crippen LogP contribution in [-0.4, -0.2) is 47.6 Å². The van der Waals surface area contributed by atoms with Gasteiger partial charge in [-0.2, -0.15) is 0 Å². The molecule has 0 unspecified atom stereocenters. The van der Waals surface area contributed by atoms with E-state index in [-0.39, 0.29) is 43.0 Å². The van der Waals surface area contributed by atoms with Crippen LogP contribution in [0.1, 0.15) is 43.7 Å². The van der Waals surface area contributed by atoms with Crippen molar-refractivity contribution in [3.8, 4) is 0 Å². The molecule has 10 heteroatoms. The number of guanidine groups is 1. The number of halogens is 1. The van der Waals surface area contributed by atoms with Gasteiger partial charge in [-0.3, -0.25) is 19.5 Å². The number of amides is 2. The van der Waals surface area contributed by atoms with Gasteiger partial charge < -0.3 is 26.4 Å². The summed E-state index contributed by atoms with van der Waals surface area (Å²) in [5.41, 5.74) is 16.5. The number of nitrogens with two attached hydrogens (primary N) is 3. The van der Waals surface area contributed by atoms with E-state index < -0.39 is 23.9 Å². The number of aldehydes is 1. The third kappa shape index (κ3) is 7.79. The molecule has 6 N–H and O–H groups in total. The highest BCUT2D eigenvalue weighted by molar-refractivity contribution is 6.06. The van der Waals surface area contributed by atoms with E-state index in [0.29, 0.717) is 19.1 Å². The van der Waals surface area contributed by atoms with Gasteiger partial charge >= 0.3 is 0 Å². The smallest absolute Gasteiger partial charge is 0.296 e. The minimum absolute atomic E-state index is 0. The number of furan rings is 1. The maximum atomic E-state index is 12.8. The van der Waals surface area contributed by atoms with E-state index in [1.807, 2.05) is 13.8 Å². The Labute approximate surface area is 164 Å². The largest absolute Gasteiger partial charge is 0.459 e. The summed E-state index contributed by atoms with van der Waals surface area (Å²) in [6.45, 7) is 4.11. The predicted octanol–water partition coefficient (Wildman–Crippen LogP) is 0.665. The number of hydrogen-bond donors (Lipinski definition) is 3. The van der Waals surface area contributed by atoms with Crippen LogP contribution in [-0.2, 0) is 9.59 Å². The summed E-state index contributed by atoms with van der Waals surface area (Å²) in [5, 5.41) is 0. The Morgan fingerprint density at radius 2 is 2.00 bits per heavy atom. The van der Waals surface area contributed by atoms with E-state index in [4.69, 9.17) is 21.6 Å². The van der Waals surface area contributed by atoms with Gasteiger partial charge in [0.05, 0.1) is 18.3 Å². The normalized spacial score (nSPS) is 12.6. The first-order chi connectivity index (χ1) is 12.3. The highest BCUT2D eigenvalue weighted by atomic mass is 35.5. The van der Waals surface area contributed by atoms with Crippen LogP contribution in [0.5, 0.6) is 0 Å². The molecule has 0 aliphatic heterocycles. The van der Waals surface area contributed by atoms with Gasteiger partial charge in [-0.05, 0) is 37.3 Å². The van der Waals surface area contributed by atoms with Gasteiger partial charge in [-0.1, -0.05) is 13.8 Å². The molecule has 0 bridgehead atoms. The molecule has 0 fully saturated rings. The SMILES string of the molecule is CC(C)C[C@H](N)C(=O)N(C(=O)c1ccco1)[C@H](C=O)CCCN=C(N)N.Cl. The van der Waals surface area contributed by atoms with Crippen LogP contribution in [0.2, 0.25) is 0 Å². The van der Waals surface area contributed by atoms with Gasteiger partial charge in [-0.15, -0.1) is 12.4 Å². The summed E-state index contributed by atoms with van der Waals surface area (Å²) in [4.78, 5) is 41.8. The van der Waals surface area contributed by atoms with Crippen molar-refractivity contribution in [3.05, 3.63) is 24.2 Å². The van der Waals surface area contributed by atoms with Gasteiger partial charge in [0.1, 0.15) is 6.29 Å². The van der Waals surface area contributed by atoms with E-state index in [9.17, 15) is 14.4 Å². The maximum Gasteiger partial charge on any atom is 0.296 e. The minimum Gasteiger partial charge on any atom is -0.459 e. The average molecular weight is 402 g/mol. The number of nitrogens with zero attached hydrogens (tertiary/aromatic N) is 2. The molecule has 1 heterocycles. The molecule has 0 saturated carbocycles. The molecule has 0 aromatic carbocycles. The highest BCUT2D eigenvalue weighted by Gasteiger charge is 2.34. The van der Waals surface area contributed by atoms with Crippen LogP contribution in [0.25, 0.3) is 0 Å². The Kier molecular flexibility index (Phi) is 11.0. The third-order valence-electron chi connectivity index (χ3n) is 3.67. The fourth-order valence-electron chi connectivity index (χ4n) is 2.49. The lowest BCUT2D eigenvalue weighted by Crippen LogP contribution is -2.52. The summed E-state index contributed by atoms with van der Waals surface area (Å²) in [5.74, 6) is -1.25. The lowest BCUT2D eigenvalue weighted by atomic mass is 10.0. The zero-order valence-electron chi connectivity index (χ0n) is 15.5. The lowest BCUT2D eigenvalue weighted by Gasteiger charge is -2.28. The molecule has 1 aromatic heterocycles. The lowest BCUT2D eigenvalue weighted by molar-refractivity contribution is -0.135. The van der Waals surface area contributed by atoms with Gasteiger partial charge in [0.25, 0.3) is 5.91 Å². The number of rotatable bonds is 10. The second kappa shape index (κ2) is 12.1. The second-order valence-corrected chi connectivity index (χ2v) is 6.38. The Hall–Kier alpha value is -2.39. The maximum absolute atomic E-state index is 12.8. The highest BCUT2D eigenvalue weighted by Crippen LogP contribution is 2.16. The average Bonchev–Trinajstić information content (AvgIpc) is 3.10. The van der Waals surface area contributed by atoms with Crippen LogP contribution >= 0.6 is 12.4 Å². The number of hydrogen-bond acceptors (Lipinski definition) is 6. The molecule has 0 aliphatic carbocycles. The molecule has 2 amide bonds. The molecule has 152 valence electrons. The first-order valence-corrected chi connectivity index (χ1v) is 8.45. The number of carbonyl (C=O) groups excluding carboxylic acids is 3. The summed E-state index contributed by atoms with van der Waals surface area (Å²) in [6.07, 6.45) is 2.89. The van der Waals surface area contributed by atoms with E-state index in [0.717, 1.165) is 4.90 Å². The van der Waals surface area contributed by atoms with Crippen LogP contribution in [0.4, 0.5) is 0 Å². The fourth-order valence-corrected chi connectivity index (χ4v) is 2.49. The molecule has 0 spiro atoms. The molecule has 27 heavy (non-hydrogen) atoms. The summed E-state index contributed by atoms with van der Waals surface area (Å²) < 4.78 is 5.08. The standard InChI is InChI=1S/C17H27N5O4.ClH/c1-11(2)9-13(18)15(24)22(16(25)14-6-4-8-26-14)12(10-23)5-3-7-21-17(19)20;/h4,6,8,10-13H,3,5,7,9,18H2,1-2H3,(H4,19,20,21);1H/t12-,13-;/m0./s1. The van der Waals surface area contributed by atoms with Gasteiger partial charge in [-0.25, -0.2) is 0 Å². The third-order valence-corrected chi connectivity index (χ3v) is 3.67. The van der Waals surface area contributed by atoms with E-state index >= 15 is 0 Å². The van der Waals surface area contributed by atoms with Crippen LogP contribution < -0.4 is 17.2 Å². The minimum atomic E-state index is -0.979.